The van der Waals surface area contributed by atoms with Gasteiger partial charge in [0, 0.05) is 0 Å². The minimum absolute atomic E-state index is 0.0999. The first kappa shape index (κ1) is 13.9. The Morgan fingerprint density at radius 3 is 2.67 bits per heavy atom. The number of carbonyl (C=O) groups excluding carboxylic acids is 1. The van der Waals surface area contributed by atoms with Gasteiger partial charge < -0.3 is 9.47 Å². The second kappa shape index (κ2) is 5.96. The summed E-state index contributed by atoms with van der Waals surface area (Å²) < 4.78 is 33.4. The molecule has 1 rings (SSSR count). The number of esters is 1. The van der Waals surface area contributed by atoms with Crippen LogP contribution in [0.15, 0.2) is 12.1 Å². The third-order valence-electron chi connectivity index (χ3n) is 2.16. The van der Waals surface area contributed by atoms with E-state index in [0.717, 1.165) is 0 Å². The maximum atomic E-state index is 12.2. The van der Waals surface area contributed by atoms with E-state index >= 15 is 0 Å². The molecule has 0 unspecified atom stereocenters. The summed E-state index contributed by atoms with van der Waals surface area (Å²) in [5, 5.41) is 8.84. The summed E-state index contributed by atoms with van der Waals surface area (Å²) in [5.74, 6) is -1.09. The topological polar surface area (TPSA) is 59.3 Å². The quantitative estimate of drug-likeness (QED) is 0.776. The molecule has 96 valence electrons. The Balaban J connectivity index is 3.26. The van der Waals surface area contributed by atoms with Crippen LogP contribution in [0.2, 0.25) is 0 Å². The van der Waals surface area contributed by atoms with Crippen molar-refractivity contribution in [2.24, 2.45) is 0 Å². The zero-order valence-corrected chi connectivity index (χ0v) is 9.87. The van der Waals surface area contributed by atoms with Crippen LogP contribution in [0.3, 0.4) is 0 Å². The second-order valence-corrected chi connectivity index (χ2v) is 3.37. The number of ether oxygens (including phenoxy) is 2. The van der Waals surface area contributed by atoms with E-state index < -0.39 is 12.6 Å². The normalized spacial score (nSPS) is 10.0. The van der Waals surface area contributed by atoms with Gasteiger partial charge in [0.2, 0.25) is 0 Å². The molecular weight excluding hydrogens is 244 g/mol. The smallest absolute Gasteiger partial charge is 0.387 e. The number of hydrogen-bond acceptors (Lipinski definition) is 4. The summed E-state index contributed by atoms with van der Waals surface area (Å²) in [6.07, 6.45) is 0. The lowest BCUT2D eigenvalue weighted by molar-refractivity contribution is -0.0504. The summed E-state index contributed by atoms with van der Waals surface area (Å²) >= 11 is 0. The van der Waals surface area contributed by atoms with Crippen molar-refractivity contribution >= 4 is 5.97 Å². The van der Waals surface area contributed by atoms with Gasteiger partial charge in [0.15, 0.2) is 0 Å². The van der Waals surface area contributed by atoms with Crippen LogP contribution in [0.25, 0.3) is 0 Å². The van der Waals surface area contributed by atoms with Crippen LogP contribution in [-0.2, 0) is 4.74 Å². The highest BCUT2D eigenvalue weighted by Gasteiger charge is 2.19. The van der Waals surface area contributed by atoms with Crippen LogP contribution >= 0.6 is 0 Å². The minimum atomic E-state index is -3.05. The van der Waals surface area contributed by atoms with Gasteiger partial charge in [0.1, 0.15) is 11.3 Å². The van der Waals surface area contributed by atoms with Gasteiger partial charge in [-0.2, -0.15) is 14.0 Å². The van der Waals surface area contributed by atoms with E-state index in [1.54, 1.807) is 13.8 Å². The van der Waals surface area contributed by atoms with Crippen LogP contribution in [0.4, 0.5) is 8.78 Å². The number of carbonyl (C=O) groups is 1. The van der Waals surface area contributed by atoms with Crippen molar-refractivity contribution in [1.82, 2.24) is 0 Å². The minimum Gasteiger partial charge on any atom is -0.462 e. The summed E-state index contributed by atoms with van der Waals surface area (Å²) in [7, 11) is 0. The number of nitrogens with zero attached hydrogens (tertiary/aromatic N) is 1. The summed E-state index contributed by atoms with van der Waals surface area (Å²) in [6, 6.07) is 4.27. The Bertz CT molecular complexity index is 495. The lowest BCUT2D eigenvalue weighted by atomic mass is 10.0. The highest BCUT2D eigenvalue weighted by atomic mass is 19.3. The first-order valence-corrected chi connectivity index (χ1v) is 5.16. The van der Waals surface area contributed by atoms with Crippen molar-refractivity contribution in [2.45, 2.75) is 20.5 Å². The monoisotopic (exact) mass is 255 g/mol. The maximum absolute atomic E-state index is 12.2. The zero-order chi connectivity index (χ0) is 13.7. The van der Waals surface area contributed by atoms with Gasteiger partial charge in [-0.15, -0.1) is 0 Å². The summed E-state index contributed by atoms with van der Waals surface area (Å²) in [5.41, 5.74) is 0.472. The molecule has 0 bridgehead atoms. The molecule has 0 heterocycles. The predicted molar refractivity (Wildman–Crippen MR) is 58.5 cm³/mol. The van der Waals surface area contributed by atoms with Crippen LogP contribution in [0, 0.1) is 18.3 Å². The van der Waals surface area contributed by atoms with Crippen LogP contribution in [0.1, 0.15) is 28.4 Å². The highest BCUT2D eigenvalue weighted by molar-refractivity contribution is 5.93. The Labute approximate surface area is 103 Å². The average molecular weight is 255 g/mol. The highest BCUT2D eigenvalue weighted by Crippen LogP contribution is 2.25. The number of nitriles is 1. The van der Waals surface area contributed by atoms with Gasteiger partial charge in [-0.1, -0.05) is 0 Å². The first-order valence-electron chi connectivity index (χ1n) is 5.16. The third kappa shape index (κ3) is 3.17. The fourth-order valence-electron chi connectivity index (χ4n) is 1.36. The van der Waals surface area contributed by atoms with Crippen molar-refractivity contribution in [1.29, 1.82) is 5.26 Å². The molecule has 0 atom stereocenters. The molecule has 1 aromatic carbocycles. The zero-order valence-electron chi connectivity index (χ0n) is 9.87. The van der Waals surface area contributed by atoms with Crippen LogP contribution in [0.5, 0.6) is 5.75 Å². The van der Waals surface area contributed by atoms with Gasteiger partial charge in [-0.25, -0.2) is 4.79 Å². The number of rotatable bonds is 4. The fourth-order valence-corrected chi connectivity index (χ4v) is 1.36. The number of aryl methyl sites for hydroxylation is 1. The molecule has 0 aliphatic heterocycles. The van der Waals surface area contributed by atoms with Crippen LogP contribution < -0.4 is 4.74 Å². The Morgan fingerprint density at radius 1 is 1.50 bits per heavy atom. The summed E-state index contributed by atoms with van der Waals surface area (Å²) in [6.45, 7) is 0.199. The molecule has 1 aromatic rings. The predicted octanol–water partition coefficient (Wildman–Crippen LogP) is 2.64. The summed E-state index contributed by atoms with van der Waals surface area (Å²) in [4.78, 5) is 11.6. The van der Waals surface area contributed by atoms with E-state index in [0.29, 0.717) is 5.56 Å². The van der Waals surface area contributed by atoms with E-state index in [1.165, 1.54) is 12.1 Å². The Hall–Kier alpha value is -2.16. The molecule has 18 heavy (non-hydrogen) atoms. The average Bonchev–Trinajstić information content (AvgIpc) is 2.28. The lowest BCUT2D eigenvalue weighted by Gasteiger charge is -2.11. The Morgan fingerprint density at radius 2 is 2.17 bits per heavy atom. The molecule has 0 radical (unpaired) electrons. The van der Waals surface area contributed by atoms with Crippen molar-refractivity contribution in [3.05, 3.63) is 28.8 Å². The number of benzene rings is 1. The van der Waals surface area contributed by atoms with Crippen molar-refractivity contribution in [3.63, 3.8) is 0 Å². The Kier molecular flexibility index (Phi) is 4.60. The first-order chi connectivity index (χ1) is 8.49. The molecule has 4 nitrogen and oxygen atoms in total. The standard InChI is InChI=1S/C12H11F2NO3/c1-3-17-11(16)9-5-8(6-15)7(2)4-10(9)18-12(13)14/h4-5,12H,3H2,1-2H3. The molecule has 0 saturated carbocycles. The lowest BCUT2D eigenvalue weighted by Crippen LogP contribution is -2.11. The van der Waals surface area contributed by atoms with Gasteiger partial charge >= 0.3 is 12.6 Å². The van der Waals surface area contributed by atoms with E-state index in [4.69, 9.17) is 10.00 Å². The molecule has 0 aliphatic carbocycles. The maximum Gasteiger partial charge on any atom is 0.387 e. The fraction of sp³-hybridized carbons (Fsp3) is 0.333. The molecule has 0 spiro atoms. The van der Waals surface area contributed by atoms with Gasteiger partial charge in [0.25, 0.3) is 0 Å². The third-order valence-corrected chi connectivity index (χ3v) is 2.16. The van der Waals surface area contributed by atoms with Crippen LogP contribution in [-0.4, -0.2) is 19.2 Å². The van der Waals surface area contributed by atoms with Crippen molar-refractivity contribution in [2.75, 3.05) is 6.61 Å². The van der Waals surface area contributed by atoms with E-state index in [-0.39, 0.29) is 23.5 Å². The van der Waals surface area contributed by atoms with E-state index in [2.05, 4.69) is 4.74 Å². The molecule has 0 aliphatic rings. The largest absolute Gasteiger partial charge is 0.462 e. The SMILES string of the molecule is CCOC(=O)c1cc(C#N)c(C)cc1OC(F)F. The van der Waals surface area contributed by atoms with Gasteiger partial charge in [0.05, 0.1) is 18.2 Å². The van der Waals surface area contributed by atoms with Crippen molar-refractivity contribution < 1.29 is 23.0 Å². The number of halogens is 2. The van der Waals surface area contributed by atoms with Gasteiger partial charge in [-0.3, -0.25) is 0 Å². The second-order valence-electron chi connectivity index (χ2n) is 3.37. The number of hydrogen-bond donors (Lipinski definition) is 0. The molecule has 0 amide bonds. The van der Waals surface area contributed by atoms with E-state index in [9.17, 15) is 13.6 Å². The van der Waals surface area contributed by atoms with E-state index in [1.807, 2.05) is 6.07 Å². The number of alkyl halides is 2. The van der Waals surface area contributed by atoms with Crippen molar-refractivity contribution in [3.8, 4) is 11.8 Å². The molecule has 0 saturated heterocycles. The van der Waals surface area contributed by atoms with Gasteiger partial charge in [-0.05, 0) is 31.5 Å². The molecule has 0 aromatic heterocycles. The molecule has 0 N–H and O–H groups in total. The molecular formula is C12H11F2NO3. The molecule has 6 heteroatoms. The molecule has 0 fully saturated rings.